The highest BCUT2D eigenvalue weighted by molar-refractivity contribution is 8.01. The smallest absolute Gasteiger partial charge is 0.320 e. The molecule has 5 nitrogen and oxygen atoms in total. The van der Waals surface area contributed by atoms with Crippen molar-refractivity contribution < 1.29 is 19.1 Å². The van der Waals surface area contributed by atoms with E-state index < -0.39 is 11.2 Å². The zero-order valence-corrected chi connectivity index (χ0v) is 13.8. The summed E-state index contributed by atoms with van der Waals surface area (Å²) in [6, 6.07) is 13.2. The van der Waals surface area contributed by atoms with Crippen molar-refractivity contribution in [1.82, 2.24) is 4.90 Å². The van der Waals surface area contributed by atoms with Crippen LogP contribution in [0.25, 0.3) is 10.8 Å². The summed E-state index contributed by atoms with van der Waals surface area (Å²) in [5.41, 5.74) is 0.563. The number of thioether (sulfide) groups is 1. The Morgan fingerprint density at radius 1 is 1.17 bits per heavy atom. The Labute approximate surface area is 143 Å². The molecular weight excluding hydrogens is 326 g/mol. The lowest BCUT2D eigenvalue weighted by Crippen LogP contribution is -2.59. The van der Waals surface area contributed by atoms with Crippen molar-refractivity contribution in [1.29, 1.82) is 0 Å². The van der Waals surface area contributed by atoms with E-state index in [0.717, 1.165) is 10.8 Å². The number of nitrogens with zero attached hydrogens (tertiary/aromatic N) is 1. The van der Waals surface area contributed by atoms with E-state index in [4.69, 9.17) is 4.74 Å². The highest BCUT2D eigenvalue weighted by Gasteiger charge is 2.58. The first-order chi connectivity index (χ1) is 11.6. The van der Waals surface area contributed by atoms with Gasteiger partial charge in [-0.1, -0.05) is 42.5 Å². The van der Waals surface area contributed by atoms with E-state index in [1.165, 1.54) is 18.9 Å². The molecule has 2 aromatic rings. The van der Waals surface area contributed by atoms with E-state index in [1.54, 1.807) is 11.0 Å². The molecule has 0 aromatic heterocycles. The molecule has 0 bridgehead atoms. The molecule has 3 atom stereocenters. The van der Waals surface area contributed by atoms with E-state index in [2.05, 4.69) is 0 Å². The summed E-state index contributed by atoms with van der Waals surface area (Å²) in [4.78, 5) is 38.6. The molecule has 0 radical (unpaired) electrons. The standard InChI is InChI=1S/C18H15NO4S/c1-23-18(22)13-9-19-16(21)14(17(19)24-13)15(20)12-8-4-6-10-5-2-3-7-11(10)12/h2-8,13-14,17H,9H2,1H3/t13-,14-,17+/m0/s1. The molecular formula is C18H15NO4S. The van der Waals surface area contributed by atoms with Gasteiger partial charge in [-0.05, 0) is 10.8 Å². The molecule has 2 fully saturated rings. The van der Waals surface area contributed by atoms with Gasteiger partial charge in [-0.15, -0.1) is 11.8 Å². The van der Waals surface area contributed by atoms with Crippen molar-refractivity contribution >= 4 is 40.2 Å². The van der Waals surface area contributed by atoms with Crippen LogP contribution < -0.4 is 0 Å². The second kappa shape index (κ2) is 5.63. The number of fused-ring (bicyclic) bond motifs is 2. The number of esters is 1. The predicted molar refractivity (Wildman–Crippen MR) is 90.7 cm³/mol. The van der Waals surface area contributed by atoms with Gasteiger partial charge >= 0.3 is 5.97 Å². The van der Waals surface area contributed by atoms with Crippen LogP contribution >= 0.6 is 11.8 Å². The van der Waals surface area contributed by atoms with Crippen molar-refractivity contribution in [2.75, 3.05) is 13.7 Å². The molecule has 24 heavy (non-hydrogen) atoms. The van der Waals surface area contributed by atoms with Crippen molar-refractivity contribution in [3.63, 3.8) is 0 Å². The predicted octanol–water partition coefficient (Wildman–Crippen LogP) is 2.10. The van der Waals surface area contributed by atoms with Gasteiger partial charge in [-0.25, -0.2) is 0 Å². The number of rotatable bonds is 3. The number of ether oxygens (including phenoxy) is 1. The largest absolute Gasteiger partial charge is 0.468 e. The Bertz CT molecular complexity index is 860. The zero-order valence-electron chi connectivity index (χ0n) is 13.0. The lowest BCUT2D eigenvalue weighted by molar-refractivity contribution is -0.147. The normalized spacial score (nSPS) is 25.3. The molecule has 0 unspecified atom stereocenters. The van der Waals surface area contributed by atoms with Crippen LogP contribution in [0.15, 0.2) is 42.5 Å². The Morgan fingerprint density at radius 2 is 1.92 bits per heavy atom. The number of amides is 1. The Balaban J connectivity index is 1.64. The summed E-state index contributed by atoms with van der Waals surface area (Å²) < 4.78 is 4.75. The Hall–Kier alpha value is -2.34. The number of hydrogen-bond acceptors (Lipinski definition) is 5. The second-order valence-electron chi connectivity index (χ2n) is 5.90. The van der Waals surface area contributed by atoms with Crippen LogP contribution in [0, 0.1) is 5.92 Å². The van der Waals surface area contributed by atoms with E-state index in [9.17, 15) is 14.4 Å². The molecule has 4 rings (SSSR count). The molecule has 2 aromatic carbocycles. The third-order valence-corrected chi connectivity index (χ3v) is 6.08. The van der Waals surface area contributed by atoms with Crippen molar-refractivity contribution in [2.45, 2.75) is 10.6 Å². The van der Waals surface area contributed by atoms with Gasteiger partial charge in [0, 0.05) is 12.1 Å². The molecule has 2 aliphatic rings. The van der Waals surface area contributed by atoms with Gasteiger partial charge in [0.2, 0.25) is 5.91 Å². The third kappa shape index (κ3) is 2.13. The monoisotopic (exact) mass is 341 g/mol. The number of methoxy groups -OCH3 is 1. The summed E-state index contributed by atoms with van der Waals surface area (Å²) in [6.45, 7) is 0.320. The average molecular weight is 341 g/mol. The van der Waals surface area contributed by atoms with E-state index >= 15 is 0 Å². The maximum atomic E-state index is 13.0. The quantitative estimate of drug-likeness (QED) is 0.370. The first-order valence-electron chi connectivity index (χ1n) is 7.67. The summed E-state index contributed by atoms with van der Waals surface area (Å²) >= 11 is 1.34. The minimum Gasteiger partial charge on any atom is -0.468 e. The highest BCUT2D eigenvalue weighted by atomic mass is 32.2. The first-order valence-corrected chi connectivity index (χ1v) is 8.62. The maximum Gasteiger partial charge on any atom is 0.320 e. The van der Waals surface area contributed by atoms with Crippen molar-refractivity contribution in [3.8, 4) is 0 Å². The summed E-state index contributed by atoms with van der Waals surface area (Å²) in [7, 11) is 1.33. The lowest BCUT2D eigenvalue weighted by atomic mass is 9.87. The maximum absolute atomic E-state index is 13.0. The van der Waals surface area contributed by atoms with Crippen LogP contribution in [0.1, 0.15) is 10.4 Å². The van der Waals surface area contributed by atoms with Crippen LogP contribution in [0.4, 0.5) is 0 Å². The van der Waals surface area contributed by atoms with Crippen LogP contribution in [-0.2, 0) is 14.3 Å². The molecule has 2 aliphatic heterocycles. The van der Waals surface area contributed by atoms with Gasteiger partial charge in [0.25, 0.3) is 0 Å². The number of β-lactam (4-membered cyclic amide) rings is 1. The molecule has 1 amide bonds. The Morgan fingerprint density at radius 3 is 2.71 bits per heavy atom. The summed E-state index contributed by atoms with van der Waals surface area (Å²) in [6.07, 6.45) is 0. The fraction of sp³-hybridized carbons (Fsp3) is 0.278. The first kappa shape index (κ1) is 15.2. The molecule has 0 aliphatic carbocycles. The Kier molecular flexibility index (Phi) is 3.57. The van der Waals surface area contributed by atoms with Crippen LogP contribution in [0.2, 0.25) is 0 Å². The minimum absolute atomic E-state index is 0.170. The molecule has 6 heteroatoms. The summed E-state index contributed by atoms with van der Waals surface area (Å²) in [5, 5.41) is 1.14. The average Bonchev–Trinajstić information content (AvgIpc) is 3.00. The number of carbonyl (C=O) groups is 3. The van der Waals surface area contributed by atoms with Crippen molar-refractivity contribution in [2.24, 2.45) is 5.92 Å². The number of carbonyl (C=O) groups excluding carboxylic acids is 3. The fourth-order valence-corrected chi connectivity index (χ4v) is 4.90. The number of ketones is 1. The van der Waals surface area contributed by atoms with Crippen LogP contribution in [0.3, 0.4) is 0 Å². The van der Waals surface area contributed by atoms with Gasteiger partial charge < -0.3 is 9.64 Å². The molecule has 0 saturated carbocycles. The molecule has 2 heterocycles. The van der Waals surface area contributed by atoms with E-state index in [-0.39, 0.29) is 23.0 Å². The SMILES string of the molecule is COC(=O)[C@@H]1CN2C(=O)[C@H](C(=O)c3cccc4ccccc34)[C@H]2S1. The van der Waals surface area contributed by atoms with Crippen LogP contribution in [-0.4, -0.2) is 46.8 Å². The third-order valence-electron chi connectivity index (χ3n) is 4.61. The highest BCUT2D eigenvalue weighted by Crippen LogP contribution is 2.45. The van der Waals surface area contributed by atoms with Crippen LogP contribution in [0.5, 0.6) is 0 Å². The van der Waals surface area contributed by atoms with Gasteiger partial charge in [0.05, 0.1) is 12.5 Å². The molecule has 122 valence electrons. The van der Waals surface area contributed by atoms with Gasteiger partial charge in [-0.2, -0.15) is 0 Å². The number of benzene rings is 2. The second-order valence-corrected chi connectivity index (χ2v) is 7.22. The van der Waals surface area contributed by atoms with E-state index in [0.29, 0.717) is 12.1 Å². The lowest BCUT2D eigenvalue weighted by Gasteiger charge is -2.40. The van der Waals surface area contributed by atoms with Gasteiger partial charge in [0.1, 0.15) is 11.2 Å². The van der Waals surface area contributed by atoms with E-state index in [1.807, 2.05) is 36.4 Å². The zero-order chi connectivity index (χ0) is 16.8. The minimum atomic E-state index is -0.713. The summed E-state index contributed by atoms with van der Waals surface area (Å²) in [5.74, 6) is -1.43. The molecule has 0 spiro atoms. The molecule has 2 saturated heterocycles. The van der Waals surface area contributed by atoms with Gasteiger partial charge in [-0.3, -0.25) is 14.4 Å². The number of hydrogen-bond donors (Lipinski definition) is 0. The van der Waals surface area contributed by atoms with Crippen molar-refractivity contribution in [3.05, 3.63) is 48.0 Å². The van der Waals surface area contributed by atoms with Gasteiger partial charge in [0.15, 0.2) is 5.78 Å². The molecule has 0 N–H and O–H groups in total. The topological polar surface area (TPSA) is 63.7 Å². The number of Topliss-reactive ketones (excluding diaryl/α,β-unsaturated/α-hetero) is 1. The fourth-order valence-electron chi connectivity index (χ4n) is 3.37.